The molecule has 1 amide bonds. The van der Waals surface area contributed by atoms with Crippen LogP contribution in [0.15, 0.2) is 18.2 Å². The first-order valence-electron chi connectivity index (χ1n) is 7.58. The fourth-order valence-corrected chi connectivity index (χ4v) is 3.23. The van der Waals surface area contributed by atoms with Gasteiger partial charge >= 0.3 is 0 Å². The van der Waals surface area contributed by atoms with Crippen molar-refractivity contribution in [2.24, 2.45) is 0 Å². The minimum Gasteiger partial charge on any atom is -0.496 e. The maximum absolute atomic E-state index is 12.6. The molecule has 1 aliphatic heterocycles. The van der Waals surface area contributed by atoms with Gasteiger partial charge in [-0.25, -0.2) is 0 Å². The molecule has 2 rings (SSSR count). The highest BCUT2D eigenvalue weighted by atomic mass is 127. The van der Waals surface area contributed by atoms with Crippen LogP contribution >= 0.6 is 22.6 Å². The number of amides is 1. The number of carbonyl (C=O) groups excluding carboxylic acids is 1. The highest BCUT2D eigenvalue weighted by Crippen LogP contribution is 2.21. The van der Waals surface area contributed by atoms with Crippen molar-refractivity contribution in [3.05, 3.63) is 27.3 Å². The molecule has 0 spiro atoms. The first-order valence-corrected chi connectivity index (χ1v) is 8.66. The number of likely N-dealkylation sites (N-methyl/N-ethyl adjacent to an activating group) is 2. The number of carbonyl (C=O) groups is 1. The zero-order valence-corrected chi connectivity index (χ0v) is 15.6. The average Bonchev–Trinajstić information content (AvgIpc) is 2.68. The Morgan fingerprint density at radius 1 is 1.41 bits per heavy atom. The van der Waals surface area contributed by atoms with E-state index in [-0.39, 0.29) is 11.9 Å². The standard InChI is InChI=1S/C16H24IN3O2/c1-4-20-8-7-19(2)10-13(11-20)18-16(21)14-9-12(17)5-6-15(14)22-3/h5-6,9,13H,4,7-8,10-11H2,1-3H3,(H,18,21). The number of rotatable bonds is 4. The lowest BCUT2D eigenvalue weighted by Gasteiger charge is -2.24. The van der Waals surface area contributed by atoms with E-state index in [2.05, 4.69) is 51.7 Å². The molecule has 6 heteroatoms. The van der Waals surface area contributed by atoms with Crippen LogP contribution in [-0.4, -0.2) is 68.6 Å². The maximum atomic E-state index is 12.6. The Hall–Kier alpha value is -0.860. The molecule has 1 aliphatic rings. The van der Waals surface area contributed by atoms with E-state index in [9.17, 15) is 4.79 Å². The first-order chi connectivity index (χ1) is 10.5. The Bertz CT molecular complexity index is 524. The summed E-state index contributed by atoms with van der Waals surface area (Å²) >= 11 is 2.21. The zero-order valence-electron chi connectivity index (χ0n) is 13.4. The lowest BCUT2D eigenvalue weighted by molar-refractivity contribution is 0.0922. The van der Waals surface area contributed by atoms with Crippen molar-refractivity contribution in [1.29, 1.82) is 0 Å². The van der Waals surface area contributed by atoms with E-state index in [1.807, 2.05) is 18.2 Å². The summed E-state index contributed by atoms with van der Waals surface area (Å²) < 4.78 is 6.34. The van der Waals surface area contributed by atoms with Crippen molar-refractivity contribution in [3.63, 3.8) is 0 Å². The van der Waals surface area contributed by atoms with Crippen LogP contribution < -0.4 is 10.1 Å². The third kappa shape index (κ3) is 4.57. The van der Waals surface area contributed by atoms with Crippen LogP contribution in [0, 0.1) is 3.57 Å². The molecule has 122 valence electrons. The Kier molecular flexibility index (Phi) is 6.46. The van der Waals surface area contributed by atoms with Crippen LogP contribution in [0.2, 0.25) is 0 Å². The van der Waals surface area contributed by atoms with Crippen LogP contribution in [0.4, 0.5) is 0 Å². The minimum atomic E-state index is -0.0632. The van der Waals surface area contributed by atoms with Crippen LogP contribution in [0.5, 0.6) is 5.75 Å². The molecule has 1 saturated heterocycles. The highest BCUT2D eigenvalue weighted by molar-refractivity contribution is 14.1. The van der Waals surface area contributed by atoms with Crippen LogP contribution in [0.1, 0.15) is 17.3 Å². The van der Waals surface area contributed by atoms with Gasteiger partial charge in [0, 0.05) is 29.7 Å². The lowest BCUT2D eigenvalue weighted by Crippen LogP contribution is -2.46. The molecule has 0 aliphatic carbocycles. The second-order valence-electron chi connectivity index (χ2n) is 5.67. The van der Waals surface area contributed by atoms with Gasteiger partial charge in [0.15, 0.2) is 0 Å². The van der Waals surface area contributed by atoms with Crippen molar-refractivity contribution in [2.75, 3.05) is 46.9 Å². The molecule has 1 heterocycles. The van der Waals surface area contributed by atoms with E-state index in [0.29, 0.717) is 11.3 Å². The fraction of sp³-hybridized carbons (Fsp3) is 0.562. The molecular weight excluding hydrogens is 393 g/mol. The molecular formula is C16H24IN3O2. The maximum Gasteiger partial charge on any atom is 0.255 e. The molecule has 0 aromatic heterocycles. The quantitative estimate of drug-likeness (QED) is 0.758. The van der Waals surface area contributed by atoms with Gasteiger partial charge in [-0.05, 0) is 54.4 Å². The average molecular weight is 417 g/mol. The van der Waals surface area contributed by atoms with E-state index >= 15 is 0 Å². The van der Waals surface area contributed by atoms with Crippen LogP contribution in [0.3, 0.4) is 0 Å². The van der Waals surface area contributed by atoms with Crippen molar-refractivity contribution in [2.45, 2.75) is 13.0 Å². The second kappa shape index (κ2) is 8.12. The van der Waals surface area contributed by atoms with Gasteiger partial charge in [0.05, 0.1) is 18.7 Å². The molecule has 5 nitrogen and oxygen atoms in total. The molecule has 1 unspecified atom stereocenters. The molecule has 0 radical (unpaired) electrons. The van der Waals surface area contributed by atoms with Gasteiger partial charge in [0.1, 0.15) is 5.75 Å². The smallest absolute Gasteiger partial charge is 0.255 e. The van der Waals surface area contributed by atoms with E-state index in [1.165, 1.54) is 0 Å². The molecule has 0 bridgehead atoms. The highest BCUT2D eigenvalue weighted by Gasteiger charge is 2.23. The van der Waals surface area contributed by atoms with E-state index in [4.69, 9.17) is 4.74 Å². The summed E-state index contributed by atoms with van der Waals surface area (Å²) in [6.45, 7) is 7.01. The molecule has 0 saturated carbocycles. The second-order valence-corrected chi connectivity index (χ2v) is 6.92. The lowest BCUT2D eigenvalue weighted by atomic mass is 10.1. The summed E-state index contributed by atoms with van der Waals surface area (Å²) in [7, 11) is 3.70. The van der Waals surface area contributed by atoms with Crippen molar-refractivity contribution in [3.8, 4) is 5.75 Å². The molecule has 1 N–H and O–H groups in total. The van der Waals surface area contributed by atoms with Gasteiger partial charge in [-0.2, -0.15) is 0 Å². The molecule has 1 fully saturated rings. The van der Waals surface area contributed by atoms with Crippen LogP contribution in [0.25, 0.3) is 0 Å². The number of methoxy groups -OCH3 is 1. The summed E-state index contributed by atoms with van der Waals surface area (Å²) in [5.74, 6) is 0.555. The molecule has 1 atom stereocenters. The molecule has 1 aromatic carbocycles. The monoisotopic (exact) mass is 417 g/mol. The third-order valence-electron chi connectivity index (χ3n) is 4.00. The number of nitrogens with zero attached hydrogens (tertiary/aromatic N) is 2. The zero-order chi connectivity index (χ0) is 16.1. The molecule has 22 heavy (non-hydrogen) atoms. The van der Waals surface area contributed by atoms with Gasteiger partial charge in [0.25, 0.3) is 5.91 Å². The number of ether oxygens (including phenoxy) is 1. The van der Waals surface area contributed by atoms with Crippen molar-refractivity contribution < 1.29 is 9.53 Å². The fourth-order valence-electron chi connectivity index (χ4n) is 2.74. The summed E-state index contributed by atoms with van der Waals surface area (Å²) in [6.07, 6.45) is 0. The summed E-state index contributed by atoms with van der Waals surface area (Å²) in [6, 6.07) is 5.78. The van der Waals surface area contributed by atoms with Crippen LogP contribution in [-0.2, 0) is 0 Å². The topological polar surface area (TPSA) is 44.8 Å². The Labute approximate surface area is 146 Å². The van der Waals surface area contributed by atoms with E-state index in [0.717, 1.165) is 36.3 Å². The summed E-state index contributed by atoms with van der Waals surface area (Å²) in [4.78, 5) is 17.3. The predicted molar refractivity (Wildman–Crippen MR) is 96.6 cm³/mol. The number of hydrogen-bond donors (Lipinski definition) is 1. The summed E-state index contributed by atoms with van der Waals surface area (Å²) in [5.41, 5.74) is 0.601. The van der Waals surface area contributed by atoms with Gasteiger partial charge in [-0.3, -0.25) is 4.79 Å². The SMILES string of the molecule is CCN1CCN(C)CC(NC(=O)c2cc(I)ccc2OC)C1. The van der Waals surface area contributed by atoms with Gasteiger partial charge < -0.3 is 19.9 Å². The Morgan fingerprint density at radius 2 is 2.18 bits per heavy atom. The Balaban J connectivity index is 2.11. The normalized spacial score (nSPS) is 20.5. The summed E-state index contributed by atoms with van der Waals surface area (Å²) in [5, 5.41) is 3.17. The Morgan fingerprint density at radius 3 is 2.86 bits per heavy atom. The van der Waals surface area contributed by atoms with Gasteiger partial charge in [-0.1, -0.05) is 6.92 Å². The first kappa shape index (κ1) is 17.5. The third-order valence-corrected chi connectivity index (χ3v) is 4.67. The van der Waals surface area contributed by atoms with Crippen molar-refractivity contribution in [1.82, 2.24) is 15.1 Å². The number of hydrogen-bond acceptors (Lipinski definition) is 4. The number of nitrogens with one attached hydrogen (secondary N) is 1. The minimum absolute atomic E-state index is 0.0632. The van der Waals surface area contributed by atoms with Gasteiger partial charge in [0.2, 0.25) is 0 Å². The van der Waals surface area contributed by atoms with Gasteiger partial charge in [-0.15, -0.1) is 0 Å². The number of halogens is 1. The van der Waals surface area contributed by atoms with Crippen molar-refractivity contribution >= 4 is 28.5 Å². The predicted octanol–water partition coefficient (Wildman–Crippen LogP) is 1.67. The molecule has 1 aromatic rings. The van der Waals surface area contributed by atoms with E-state index in [1.54, 1.807) is 7.11 Å². The largest absolute Gasteiger partial charge is 0.496 e. The number of benzene rings is 1. The van der Waals surface area contributed by atoms with E-state index < -0.39 is 0 Å².